The smallest absolute Gasteiger partial charge is 0.315 e. The van der Waals surface area contributed by atoms with Gasteiger partial charge >= 0.3 is 12.0 Å². The number of hydrogen-bond donors (Lipinski definition) is 3. The van der Waals surface area contributed by atoms with Crippen molar-refractivity contribution in [3.05, 3.63) is 0 Å². The molecule has 0 atom stereocenters. The number of amides is 2. The standard InChI is InChI=1S/C10H18N2O3/c1-9(2,6-7(13)14)11-8(15)12-10(3)4-5-10/h4-6H2,1-3H3,(H,13,14)(H2,11,12,15). The monoisotopic (exact) mass is 214 g/mol. The summed E-state index contributed by atoms with van der Waals surface area (Å²) in [5, 5.41) is 14.1. The maximum absolute atomic E-state index is 11.5. The lowest BCUT2D eigenvalue weighted by Crippen LogP contribution is -2.51. The molecule has 1 aliphatic rings. The molecule has 3 N–H and O–H groups in total. The number of carbonyl (C=O) groups excluding carboxylic acids is 1. The van der Waals surface area contributed by atoms with Crippen molar-refractivity contribution in [2.24, 2.45) is 0 Å². The molecule has 0 spiro atoms. The molecule has 0 unspecified atom stereocenters. The zero-order valence-corrected chi connectivity index (χ0v) is 9.39. The highest BCUT2D eigenvalue weighted by atomic mass is 16.4. The molecule has 0 aromatic carbocycles. The molecule has 0 aromatic heterocycles. The van der Waals surface area contributed by atoms with Gasteiger partial charge in [-0.25, -0.2) is 4.79 Å². The second kappa shape index (κ2) is 3.72. The van der Waals surface area contributed by atoms with Crippen LogP contribution in [0.1, 0.15) is 40.0 Å². The molecule has 1 aliphatic carbocycles. The van der Waals surface area contributed by atoms with Crippen LogP contribution in [0.4, 0.5) is 4.79 Å². The van der Waals surface area contributed by atoms with Crippen molar-refractivity contribution >= 4 is 12.0 Å². The molecular weight excluding hydrogens is 196 g/mol. The third-order valence-electron chi connectivity index (χ3n) is 2.46. The average molecular weight is 214 g/mol. The minimum atomic E-state index is -0.919. The predicted octanol–water partition coefficient (Wildman–Crippen LogP) is 1.09. The van der Waals surface area contributed by atoms with Gasteiger partial charge < -0.3 is 15.7 Å². The third kappa shape index (κ3) is 4.18. The highest BCUT2D eigenvalue weighted by Gasteiger charge is 2.39. The Bertz CT molecular complexity index is 282. The van der Waals surface area contributed by atoms with E-state index in [0.717, 1.165) is 12.8 Å². The van der Waals surface area contributed by atoms with Crippen LogP contribution in [0.3, 0.4) is 0 Å². The Hall–Kier alpha value is -1.26. The molecule has 0 aliphatic heterocycles. The van der Waals surface area contributed by atoms with Crippen LogP contribution in [-0.2, 0) is 4.79 Å². The van der Waals surface area contributed by atoms with Crippen molar-refractivity contribution in [3.8, 4) is 0 Å². The van der Waals surface area contributed by atoms with Crippen molar-refractivity contribution in [3.63, 3.8) is 0 Å². The van der Waals surface area contributed by atoms with E-state index in [1.54, 1.807) is 13.8 Å². The first-order valence-electron chi connectivity index (χ1n) is 5.05. The van der Waals surface area contributed by atoms with E-state index in [1.165, 1.54) is 0 Å². The van der Waals surface area contributed by atoms with Crippen molar-refractivity contribution < 1.29 is 14.7 Å². The quantitative estimate of drug-likeness (QED) is 0.655. The fraction of sp³-hybridized carbons (Fsp3) is 0.800. The largest absolute Gasteiger partial charge is 0.481 e. The Morgan fingerprint density at radius 3 is 2.33 bits per heavy atom. The second-order valence-electron chi connectivity index (χ2n) is 5.09. The summed E-state index contributed by atoms with van der Waals surface area (Å²) in [6, 6.07) is -0.291. The summed E-state index contributed by atoms with van der Waals surface area (Å²) >= 11 is 0. The van der Waals surface area contributed by atoms with E-state index in [4.69, 9.17) is 5.11 Å². The molecule has 5 heteroatoms. The Kier molecular flexibility index (Phi) is 2.93. The van der Waals surface area contributed by atoms with Crippen molar-refractivity contribution in [1.29, 1.82) is 0 Å². The molecule has 0 radical (unpaired) electrons. The normalized spacial score (nSPS) is 18.1. The van der Waals surface area contributed by atoms with E-state index in [2.05, 4.69) is 10.6 Å². The van der Waals surface area contributed by atoms with Crippen LogP contribution in [0.15, 0.2) is 0 Å². The van der Waals surface area contributed by atoms with Gasteiger partial charge in [-0.1, -0.05) is 0 Å². The van der Waals surface area contributed by atoms with Gasteiger partial charge in [0, 0.05) is 11.1 Å². The number of hydrogen-bond acceptors (Lipinski definition) is 2. The van der Waals surface area contributed by atoms with Crippen LogP contribution in [0.25, 0.3) is 0 Å². The van der Waals surface area contributed by atoms with E-state index in [1.807, 2.05) is 6.92 Å². The molecule has 2 amide bonds. The molecule has 1 rings (SSSR count). The van der Waals surface area contributed by atoms with Gasteiger partial charge in [-0.15, -0.1) is 0 Å². The van der Waals surface area contributed by atoms with E-state index >= 15 is 0 Å². The van der Waals surface area contributed by atoms with Crippen molar-refractivity contribution in [1.82, 2.24) is 10.6 Å². The fourth-order valence-electron chi connectivity index (χ4n) is 1.35. The Morgan fingerprint density at radius 2 is 1.93 bits per heavy atom. The van der Waals surface area contributed by atoms with E-state index in [0.29, 0.717) is 0 Å². The molecule has 0 saturated heterocycles. The summed E-state index contributed by atoms with van der Waals surface area (Å²) in [7, 11) is 0. The first-order valence-corrected chi connectivity index (χ1v) is 5.05. The van der Waals surface area contributed by atoms with Crippen LogP contribution >= 0.6 is 0 Å². The molecule has 0 bridgehead atoms. The lowest BCUT2D eigenvalue weighted by atomic mass is 10.0. The topological polar surface area (TPSA) is 78.4 Å². The van der Waals surface area contributed by atoms with Crippen molar-refractivity contribution in [2.45, 2.75) is 51.1 Å². The Balaban J connectivity index is 2.38. The van der Waals surface area contributed by atoms with Gasteiger partial charge in [0.15, 0.2) is 0 Å². The SMILES string of the molecule is CC(C)(CC(=O)O)NC(=O)NC1(C)CC1. The Labute approximate surface area is 89.2 Å². The van der Waals surface area contributed by atoms with Gasteiger partial charge in [0.25, 0.3) is 0 Å². The molecule has 0 aromatic rings. The van der Waals surface area contributed by atoms with Gasteiger partial charge in [-0.3, -0.25) is 4.79 Å². The summed E-state index contributed by atoms with van der Waals surface area (Å²) in [4.78, 5) is 22.0. The number of nitrogens with one attached hydrogen (secondary N) is 2. The molecule has 5 nitrogen and oxygen atoms in total. The van der Waals surface area contributed by atoms with Crippen molar-refractivity contribution in [2.75, 3.05) is 0 Å². The molecular formula is C10H18N2O3. The van der Waals surface area contributed by atoms with Gasteiger partial charge in [-0.05, 0) is 33.6 Å². The number of carbonyl (C=O) groups is 2. The lowest BCUT2D eigenvalue weighted by molar-refractivity contribution is -0.138. The van der Waals surface area contributed by atoms with Gasteiger partial charge in [0.1, 0.15) is 0 Å². The van der Waals surface area contributed by atoms with Gasteiger partial charge in [-0.2, -0.15) is 0 Å². The zero-order chi connectivity index (χ0) is 11.7. The van der Waals surface area contributed by atoms with E-state index in [9.17, 15) is 9.59 Å². The van der Waals surface area contributed by atoms with Crippen LogP contribution in [0.2, 0.25) is 0 Å². The second-order valence-corrected chi connectivity index (χ2v) is 5.09. The van der Waals surface area contributed by atoms with Crippen LogP contribution < -0.4 is 10.6 Å². The fourth-order valence-corrected chi connectivity index (χ4v) is 1.35. The minimum Gasteiger partial charge on any atom is -0.481 e. The maximum Gasteiger partial charge on any atom is 0.315 e. The van der Waals surface area contributed by atoms with Gasteiger partial charge in [0.05, 0.1) is 6.42 Å². The summed E-state index contributed by atoms with van der Waals surface area (Å²) in [6.07, 6.45) is 1.89. The summed E-state index contributed by atoms with van der Waals surface area (Å²) in [5.41, 5.74) is -0.801. The zero-order valence-electron chi connectivity index (χ0n) is 9.39. The highest BCUT2D eigenvalue weighted by Crippen LogP contribution is 2.34. The van der Waals surface area contributed by atoms with E-state index < -0.39 is 11.5 Å². The summed E-state index contributed by atoms with van der Waals surface area (Å²) < 4.78 is 0. The molecule has 86 valence electrons. The van der Waals surface area contributed by atoms with Crippen LogP contribution in [-0.4, -0.2) is 28.2 Å². The molecule has 0 heterocycles. The first-order chi connectivity index (χ1) is 6.72. The number of rotatable bonds is 4. The number of urea groups is 1. The van der Waals surface area contributed by atoms with E-state index in [-0.39, 0.29) is 18.0 Å². The van der Waals surface area contributed by atoms with Gasteiger partial charge in [0.2, 0.25) is 0 Å². The third-order valence-corrected chi connectivity index (χ3v) is 2.46. The summed E-state index contributed by atoms with van der Waals surface area (Å²) in [6.45, 7) is 5.35. The first kappa shape index (κ1) is 11.8. The Morgan fingerprint density at radius 1 is 1.40 bits per heavy atom. The van der Waals surface area contributed by atoms with Crippen LogP contribution in [0.5, 0.6) is 0 Å². The maximum atomic E-state index is 11.5. The highest BCUT2D eigenvalue weighted by molar-refractivity contribution is 5.77. The lowest BCUT2D eigenvalue weighted by Gasteiger charge is -2.25. The number of carboxylic acid groups (broad SMARTS) is 1. The minimum absolute atomic E-state index is 0.0800. The molecule has 1 fully saturated rings. The summed E-state index contributed by atoms with van der Waals surface area (Å²) in [5.74, 6) is -0.919. The molecule has 15 heavy (non-hydrogen) atoms. The number of aliphatic carboxylic acids is 1. The predicted molar refractivity (Wildman–Crippen MR) is 55.6 cm³/mol. The molecule has 1 saturated carbocycles. The average Bonchev–Trinajstić information content (AvgIpc) is 2.61. The number of carboxylic acids is 1. The van der Waals surface area contributed by atoms with Crippen LogP contribution in [0, 0.1) is 0 Å².